The van der Waals surface area contributed by atoms with E-state index in [0.717, 1.165) is 11.3 Å². The molecule has 0 radical (unpaired) electrons. The van der Waals surface area contributed by atoms with Gasteiger partial charge in [-0.05, 0) is 40.4 Å². The van der Waals surface area contributed by atoms with Gasteiger partial charge >= 0.3 is 5.97 Å². The van der Waals surface area contributed by atoms with Crippen LogP contribution in [0.4, 0.5) is 0 Å². The van der Waals surface area contributed by atoms with Gasteiger partial charge in [-0.3, -0.25) is 4.79 Å². The van der Waals surface area contributed by atoms with Crippen LogP contribution in [0.25, 0.3) is 0 Å². The van der Waals surface area contributed by atoms with Crippen molar-refractivity contribution >= 4 is 49.2 Å². The second-order valence-corrected chi connectivity index (χ2v) is 9.61. The van der Waals surface area contributed by atoms with E-state index in [0.29, 0.717) is 10.2 Å². The third kappa shape index (κ3) is 6.58. The van der Waals surface area contributed by atoms with E-state index >= 15 is 0 Å². The fraction of sp³-hybridized carbons (Fsp3) is 0.538. The molecule has 0 aliphatic heterocycles. The summed E-state index contributed by atoms with van der Waals surface area (Å²) in [5, 5.41) is 2.48. The van der Waals surface area contributed by atoms with Gasteiger partial charge in [-0.15, -0.1) is 11.3 Å². The fourth-order valence-electron chi connectivity index (χ4n) is 1.75. The molecule has 1 heterocycles. The maximum absolute atomic E-state index is 12.0. The molecule has 0 saturated carbocycles. The van der Waals surface area contributed by atoms with E-state index in [-0.39, 0.29) is 10.1 Å². The molecule has 10 heteroatoms. The summed E-state index contributed by atoms with van der Waals surface area (Å²) in [6.45, 7) is 3.35. The maximum Gasteiger partial charge on any atom is 0.328 e. The van der Waals surface area contributed by atoms with Gasteiger partial charge in [0, 0.05) is 0 Å². The number of nitrogens with one attached hydrogen (secondary N) is 2. The molecule has 0 spiro atoms. The minimum atomic E-state index is -3.76. The molecule has 0 aliphatic rings. The third-order valence-electron chi connectivity index (χ3n) is 2.76. The lowest BCUT2D eigenvalue weighted by atomic mass is 10.0. The molecule has 130 valence electrons. The highest BCUT2D eigenvalue weighted by Gasteiger charge is 2.24. The number of hydrogen-bond acceptors (Lipinski definition) is 6. The van der Waals surface area contributed by atoms with Crippen molar-refractivity contribution in [3.05, 3.63) is 15.9 Å². The molecule has 1 amide bonds. The number of carbonyl (C=O) groups excluding carboxylic acids is 2. The Morgan fingerprint density at radius 3 is 2.48 bits per heavy atom. The normalized spacial score (nSPS) is 12.9. The molecule has 1 aromatic heterocycles. The molecule has 7 nitrogen and oxygen atoms in total. The Bertz CT molecular complexity index is 657. The molecule has 0 aromatic carbocycles. The van der Waals surface area contributed by atoms with E-state index in [9.17, 15) is 18.0 Å². The Kier molecular flexibility index (Phi) is 7.65. The first-order chi connectivity index (χ1) is 10.7. The largest absolute Gasteiger partial charge is 0.467 e. The monoisotopic (exact) mass is 426 g/mol. The van der Waals surface area contributed by atoms with Gasteiger partial charge in [-0.2, -0.15) is 0 Å². The molecule has 1 rings (SSSR count). The molecule has 0 bridgehead atoms. The van der Waals surface area contributed by atoms with Crippen LogP contribution in [0.5, 0.6) is 0 Å². The van der Waals surface area contributed by atoms with Crippen molar-refractivity contribution in [2.45, 2.75) is 30.5 Å². The van der Waals surface area contributed by atoms with Crippen LogP contribution >= 0.6 is 27.3 Å². The summed E-state index contributed by atoms with van der Waals surface area (Å²) in [4.78, 5) is 23.5. The first-order valence-electron chi connectivity index (χ1n) is 6.78. The SMILES string of the molecule is COC(=O)C(CC(C)C)NC(=O)CNS(=O)(=O)c1ccc(Br)s1. The summed E-state index contributed by atoms with van der Waals surface area (Å²) in [7, 11) is -2.52. The molecule has 2 N–H and O–H groups in total. The number of esters is 1. The molecule has 0 fully saturated rings. The van der Waals surface area contributed by atoms with Crippen molar-refractivity contribution in [1.29, 1.82) is 0 Å². The van der Waals surface area contributed by atoms with E-state index in [1.54, 1.807) is 6.07 Å². The minimum Gasteiger partial charge on any atom is -0.467 e. The Morgan fingerprint density at radius 2 is 2.00 bits per heavy atom. The Balaban J connectivity index is 2.63. The van der Waals surface area contributed by atoms with Crippen LogP contribution < -0.4 is 10.0 Å². The van der Waals surface area contributed by atoms with Gasteiger partial charge in [0.25, 0.3) is 10.0 Å². The van der Waals surface area contributed by atoms with Crippen molar-refractivity contribution in [3.63, 3.8) is 0 Å². The lowest BCUT2D eigenvalue weighted by Gasteiger charge is -2.18. The predicted octanol–water partition coefficient (Wildman–Crippen LogP) is 1.49. The second kappa shape index (κ2) is 8.76. The zero-order valence-electron chi connectivity index (χ0n) is 13.0. The van der Waals surface area contributed by atoms with Crippen molar-refractivity contribution in [2.75, 3.05) is 13.7 Å². The first kappa shape index (κ1) is 20.1. The quantitative estimate of drug-likeness (QED) is 0.613. The van der Waals surface area contributed by atoms with Crippen LogP contribution in [0.1, 0.15) is 20.3 Å². The van der Waals surface area contributed by atoms with Gasteiger partial charge in [-0.1, -0.05) is 13.8 Å². The number of methoxy groups -OCH3 is 1. The second-order valence-electron chi connectivity index (χ2n) is 5.16. The van der Waals surface area contributed by atoms with Crippen molar-refractivity contribution in [3.8, 4) is 0 Å². The van der Waals surface area contributed by atoms with E-state index in [4.69, 9.17) is 0 Å². The smallest absolute Gasteiger partial charge is 0.328 e. The van der Waals surface area contributed by atoms with E-state index in [2.05, 4.69) is 30.7 Å². The number of ether oxygens (including phenoxy) is 1. The van der Waals surface area contributed by atoms with Crippen LogP contribution in [0.2, 0.25) is 0 Å². The Labute approximate surface area is 148 Å². The summed E-state index contributed by atoms with van der Waals surface area (Å²) < 4.78 is 31.6. The highest BCUT2D eigenvalue weighted by atomic mass is 79.9. The van der Waals surface area contributed by atoms with Gasteiger partial charge in [0.15, 0.2) is 0 Å². The summed E-state index contributed by atoms with van der Waals surface area (Å²) in [5.41, 5.74) is 0. The van der Waals surface area contributed by atoms with Crippen molar-refractivity contribution in [1.82, 2.24) is 10.0 Å². The van der Waals surface area contributed by atoms with Gasteiger partial charge in [-0.25, -0.2) is 17.9 Å². The Hall–Kier alpha value is -0.970. The summed E-state index contributed by atoms with van der Waals surface area (Å²) in [6, 6.07) is 2.24. The lowest BCUT2D eigenvalue weighted by Crippen LogP contribution is -2.46. The predicted molar refractivity (Wildman–Crippen MR) is 90.6 cm³/mol. The third-order valence-corrected chi connectivity index (χ3v) is 6.28. The van der Waals surface area contributed by atoms with Gasteiger partial charge in [0.1, 0.15) is 10.3 Å². The first-order valence-corrected chi connectivity index (χ1v) is 9.87. The number of halogens is 1. The highest BCUT2D eigenvalue weighted by Crippen LogP contribution is 2.25. The van der Waals surface area contributed by atoms with Crippen molar-refractivity contribution in [2.24, 2.45) is 5.92 Å². The standard InChI is InChI=1S/C13H19BrN2O5S2/c1-8(2)6-9(13(18)21-3)16-11(17)7-15-23(19,20)12-5-4-10(14)22-12/h4-5,8-9,15H,6-7H2,1-3H3,(H,16,17). The molecular weight excluding hydrogens is 408 g/mol. The number of hydrogen-bond donors (Lipinski definition) is 2. The van der Waals surface area contributed by atoms with Crippen LogP contribution in [-0.2, 0) is 24.3 Å². The maximum atomic E-state index is 12.0. The van der Waals surface area contributed by atoms with Gasteiger partial charge in [0.05, 0.1) is 17.4 Å². The lowest BCUT2D eigenvalue weighted by molar-refractivity contribution is -0.145. The van der Waals surface area contributed by atoms with Crippen LogP contribution in [0.15, 0.2) is 20.1 Å². The summed E-state index contributed by atoms with van der Waals surface area (Å²) >= 11 is 4.22. The number of thiophene rings is 1. The molecule has 1 atom stereocenters. The van der Waals surface area contributed by atoms with Gasteiger partial charge in [0.2, 0.25) is 5.91 Å². The number of amides is 1. The Morgan fingerprint density at radius 1 is 1.35 bits per heavy atom. The minimum absolute atomic E-state index is 0.101. The molecule has 23 heavy (non-hydrogen) atoms. The molecular formula is C13H19BrN2O5S2. The topological polar surface area (TPSA) is 102 Å². The number of sulfonamides is 1. The van der Waals surface area contributed by atoms with E-state index in [1.165, 1.54) is 13.2 Å². The molecule has 1 aromatic rings. The molecule has 1 unspecified atom stereocenters. The van der Waals surface area contributed by atoms with Crippen LogP contribution in [-0.4, -0.2) is 40.0 Å². The molecule has 0 aliphatic carbocycles. The van der Waals surface area contributed by atoms with E-state index < -0.39 is 34.5 Å². The summed E-state index contributed by atoms with van der Waals surface area (Å²) in [6.07, 6.45) is 0.406. The summed E-state index contributed by atoms with van der Waals surface area (Å²) in [5.74, 6) is -0.989. The highest BCUT2D eigenvalue weighted by molar-refractivity contribution is 9.11. The van der Waals surface area contributed by atoms with Gasteiger partial charge < -0.3 is 10.1 Å². The zero-order valence-corrected chi connectivity index (χ0v) is 16.2. The van der Waals surface area contributed by atoms with Crippen LogP contribution in [0.3, 0.4) is 0 Å². The van der Waals surface area contributed by atoms with Crippen LogP contribution in [0, 0.1) is 5.92 Å². The average Bonchev–Trinajstić information content (AvgIpc) is 2.90. The van der Waals surface area contributed by atoms with E-state index in [1.807, 2.05) is 13.8 Å². The number of carbonyl (C=O) groups is 2. The zero-order chi connectivity index (χ0) is 17.6. The van der Waals surface area contributed by atoms with Crippen molar-refractivity contribution < 1.29 is 22.7 Å². The average molecular weight is 427 g/mol. The molecule has 0 saturated heterocycles. The fourth-order valence-corrected chi connectivity index (χ4v) is 4.78. The number of rotatable bonds is 8.